The lowest BCUT2D eigenvalue weighted by Gasteiger charge is -2.19. The van der Waals surface area contributed by atoms with Crippen LogP contribution in [0.4, 0.5) is 11.6 Å². The molecule has 0 spiro atoms. The maximum atomic E-state index is 5.63. The summed E-state index contributed by atoms with van der Waals surface area (Å²) in [5, 5.41) is 3.26. The molecular formula is C16H24N4O. The summed E-state index contributed by atoms with van der Waals surface area (Å²) in [6, 6.07) is 5.96. The average molecular weight is 288 g/mol. The van der Waals surface area contributed by atoms with E-state index in [4.69, 9.17) is 4.42 Å². The fourth-order valence-electron chi connectivity index (χ4n) is 2.06. The molecule has 5 nitrogen and oxygen atoms in total. The highest BCUT2D eigenvalue weighted by molar-refractivity contribution is 5.49. The monoisotopic (exact) mass is 288 g/mol. The molecule has 114 valence electrons. The molecule has 2 aromatic heterocycles. The van der Waals surface area contributed by atoms with Crippen molar-refractivity contribution in [2.45, 2.75) is 40.2 Å². The number of anilines is 2. The molecule has 21 heavy (non-hydrogen) atoms. The van der Waals surface area contributed by atoms with Gasteiger partial charge in [0.05, 0.1) is 6.54 Å². The first-order chi connectivity index (χ1) is 9.99. The Labute approximate surface area is 126 Å². The van der Waals surface area contributed by atoms with Gasteiger partial charge in [-0.3, -0.25) is 0 Å². The van der Waals surface area contributed by atoms with E-state index in [9.17, 15) is 0 Å². The molecule has 0 aliphatic heterocycles. The molecule has 2 heterocycles. The maximum Gasteiger partial charge on any atom is 0.135 e. The molecule has 0 amide bonds. The predicted octanol–water partition coefficient (Wildman–Crippen LogP) is 3.57. The van der Waals surface area contributed by atoms with Crippen LogP contribution in [-0.2, 0) is 6.54 Å². The summed E-state index contributed by atoms with van der Waals surface area (Å²) >= 11 is 0. The second-order valence-corrected chi connectivity index (χ2v) is 5.52. The summed E-state index contributed by atoms with van der Waals surface area (Å²) in [6.07, 6.45) is 0. The van der Waals surface area contributed by atoms with Gasteiger partial charge in [0.15, 0.2) is 0 Å². The molecule has 0 fully saturated rings. The van der Waals surface area contributed by atoms with E-state index in [0.717, 1.165) is 35.5 Å². The predicted molar refractivity (Wildman–Crippen MR) is 85.8 cm³/mol. The molecule has 0 atom stereocenters. The van der Waals surface area contributed by atoms with Crippen molar-refractivity contribution in [3.05, 3.63) is 35.5 Å². The Hall–Kier alpha value is -2.04. The summed E-state index contributed by atoms with van der Waals surface area (Å²) in [5.74, 6) is 4.78. The van der Waals surface area contributed by atoms with Gasteiger partial charge in [0.2, 0.25) is 0 Å². The lowest BCUT2D eigenvalue weighted by atomic mass is 10.2. The second kappa shape index (κ2) is 6.61. The van der Waals surface area contributed by atoms with Crippen molar-refractivity contribution in [2.75, 3.05) is 23.8 Å². The molecule has 0 unspecified atom stereocenters. The van der Waals surface area contributed by atoms with E-state index in [1.165, 1.54) is 0 Å². The minimum atomic E-state index is 0.293. The van der Waals surface area contributed by atoms with Crippen LogP contribution in [0.1, 0.15) is 44.0 Å². The van der Waals surface area contributed by atoms with Gasteiger partial charge in [-0.05, 0) is 26.0 Å². The van der Waals surface area contributed by atoms with E-state index >= 15 is 0 Å². The van der Waals surface area contributed by atoms with Crippen molar-refractivity contribution in [3.8, 4) is 0 Å². The molecule has 0 aromatic carbocycles. The third-order valence-corrected chi connectivity index (χ3v) is 3.18. The number of nitrogens with zero attached hydrogens (tertiary/aromatic N) is 3. The molecule has 5 heteroatoms. The maximum absolute atomic E-state index is 5.63. The van der Waals surface area contributed by atoms with E-state index in [-0.39, 0.29) is 0 Å². The molecule has 0 bridgehead atoms. The van der Waals surface area contributed by atoms with Crippen LogP contribution >= 0.6 is 0 Å². The molecule has 0 aliphatic carbocycles. The first kappa shape index (κ1) is 15.4. The fraction of sp³-hybridized carbons (Fsp3) is 0.500. The van der Waals surface area contributed by atoms with Crippen LogP contribution in [0.3, 0.4) is 0 Å². The third kappa shape index (κ3) is 3.97. The average Bonchev–Trinajstić information content (AvgIpc) is 2.84. The zero-order valence-electron chi connectivity index (χ0n) is 13.5. The van der Waals surface area contributed by atoms with Crippen LogP contribution in [0, 0.1) is 6.92 Å². The van der Waals surface area contributed by atoms with E-state index < -0.39 is 0 Å². The van der Waals surface area contributed by atoms with Crippen molar-refractivity contribution in [2.24, 2.45) is 0 Å². The summed E-state index contributed by atoms with van der Waals surface area (Å²) < 4.78 is 5.63. The van der Waals surface area contributed by atoms with Gasteiger partial charge in [0, 0.05) is 25.6 Å². The Morgan fingerprint density at radius 2 is 2.05 bits per heavy atom. The number of aryl methyl sites for hydroxylation is 1. The number of nitrogens with one attached hydrogen (secondary N) is 1. The Balaban J connectivity index is 2.24. The highest BCUT2D eigenvalue weighted by atomic mass is 16.3. The van der Waals surface area contributed by atoms with Crippen LogP contribution in [0.5, 0.6) is 0 Å². The van der Waals surface area contributed by atoms with Gasteiger partial charge in [-0.1, -0.05) is 13.8 Å². The SMILES string of the molecule is CCNc1cc(N(C)Cc2ccc(C)o2)nc(C(C)C)n1. The van der Waals surface area contributed by atoms with Gasteiger partial charge in [-0.15, -0.1) is 0 Å². The Bertz CT molecular complexity index is 592. The van der Waals surface area contributed by atoms with Crippen LogP contribution < -0.4 is 10.2 Å². The Morgan fingerprint density at radius 1 is 1.29 bits per heavy atom. The highest BCUT2D eigenvalue weighted by Crippen LogP contribution is 2.21. The molecule has 2 rings (SSSR count). The standard InChI is InChI=1S/C16H24N4O/c1-6-17-14-9-15(19-16(18-14)11(2)3)20(5)10-13-8-7-12(4)21-13/h7-9,11H,6,10H2,1-5H3,(H,17,18,19). The minimum Gasteiger partial charge on any atom is -0.464 e. The van der Waals surface area contributed by atoms with Crippen molar-refractivity contribution in [1.82, 2.24) is 9.97 Å². The lowest BCUT2D eigenvalue weighted by molar-refractivity contribution is 0.481. The van der Waals surface area contributed by atoms with E-state index in [2.05, 4.69) is 41.0 Å². The smallest absolute Gasteiger partial charge is 0.135 e. The topological polar surface area (TPSA) is 54.2 Å². The Kier molecular flexibility index (Phi) is 4.83. The quantitative estimate of drug-likeness (QED) is 0.880. The molecular weight excluding hydrogens is 264 g/mol. The molecule has 0 saturated carbocycles. The van der Waals surface area contributed by atoms with Gasteiger partial charge >= 0.3 is 0 Å². The number of aromatic nitrogens is 2. The molecule has 1 N–H and O–H groups in total. The van der Waals surface area contributed by atoms with E-state index in [1.54, 1.807) is 0 Å². The first-order valence-corrected chi connectivity index (χ1v) is 7.39. The molecule has 0 saturated heterocycles. The normalized spacial score (nSPS) is 11.0. The van der Waals surface area contributed by atoms with Crippen LogP contribution in [-0.4, -0.2) is 23.6 Å². The first-order valence-electron chi connectivity index (χ1n) is 7.39. The summed E-state index contributed by atoms with van der Waals surface area (Å²) in [5.41, 5.74) is 0. The van der Waals surface area contributed by atoms with Crippen molar-refractivity contribution in [1.29, 1.82) is 0 Å². The zero-order valence-corrected chi connectivity index (χ0v) is 13.5. The summed E-state index contributed by atoms with van der Waals surface area (Å²) in [6.45, 7) is 9.75. The molecule has 0 radical (unpaired) electrons. The van der Waals surface area contributed by atoms with Crippen molar-refractivity contribution in [3.63, 3.8) is 0 Å². The zero-order chi connectivity index (χ0) is 15.4. The van der Waals surface area contributed by atoms with Crippen LogP contribution in [0.2, 0.25) is 0 Å². The van der Waals surface area contributed by atoms with Crippen LogP contribution in [0.25, 0.3) is 0 Å². The number of hydrogen-bond donors (Lipinski definition) is 1. The van der Waals surface area contributed by atoms with Gasteiger partial charge < -0.3 is 14.6 Å². The van der Waals surface area contributed by atoms with Crippen molar-refractivity contribution < 1.29 is 4.42 Å². The minimum absolute atomic E-state index is 0.293. The summed E-state index contributed by atoms with van der Waals surface area (Å²) in [7, 11) is 2.01. The van der Waals surface area contributed by atoms with Gasteiger partial charge in [0.25, 0.3) is 0 Å². The lowest BCUT2D eigenvalue weighted by Crippen LogP contribution is -2.19. The third-order valence-electron chi connectivity index (χ3n) is 3.18. The van der Waals surface area contributed by atoms with Gasteiger partial charge in [-0.25, -0.2) is 9.97 Å². The Morgan fingerprint density at radius 3 is 2.62 bits per heavy atom. The number of furan rings is 1. The van der Waals surface area contributed by atoms with E-state index in [1.807, 2.05) is 32.2 Å². The fourth-order valence-corrected chi connectivity index (χ4v) is 2.06. The van der Waals surface area contributed by atoms with Crippen molar-refractivity contribution >= 4 is 11.6 Å². The summed E-state index contributed by atoms with van der Waals surface area (Å²) in [4.78, 5) is 11.3. The number of hydrogen-bond acceptors (Lipinski definition) is 5. The highest BCUT2D eigenvalue weighted by Gasteiger charge is 2.12. The van der Waals surface area contributed by atoms with E-state index in [0.29, 0.717) is 12.5 Å². The van der Waals surface area contributed by atoms with Crippen LogP contribution in [0.15, 0.2) is 22.6 Å². The second-order valence-electron chi connectivity index (χ2n) is 5.52. The number of rotatable bonds is 6. The largest absolute Gasteiger partial charge is 0.464 e. The molecule has 0 aliphatic rings. The van der Waals surface area contributed by atoms with Gasteiger partial charge in [-0.2, -0.15) is 0 Å². The van der Waals surface area contributed by atoms with Gasteiger partial charge in [0.1, 0.15) is 29.0 Å². The molecule has 2 aromatic rings.